The van der Waals surface area contributed by atoms with E-state index < -0.39 is 0 Å². The molecule has 9 heavy (non-hydrogen) atoms. The molecular formula is C7H14N2. The summed E-state index contributed by atoms with van der Waals surface area (Å²) in [5.74, 6) is 0. The summed E-state index contributed by atoms with van der Waals surface area (Å²) in [4.78, 5) is 0. The van der Waals surface area contributed by atoms with Gasteiger partial charge in [-0.1, -0.05) is 0 Å². The summed E-state index contributed by atoms with van der Waals surface area (Å²) >= 11 is 0. The van der Waals surface area contributed by atoms with E-state index in [0.29, 0.717) is 0 Å². The Morgan fingerprint density at radius 3 is 2.11 bits per heavy atom. The van der Waals surface area contributed by atoms with E-state index >= 15 is 0 Å². The molecular weight excluding hydrogens is 112 g/mol. The first-order valence-electron chi connectivity index (χ1n) is 3.92. The number of hydrogen-bond donors (Lipinski definition) is 2. The number of rotatable bonds is 0. The zero-order valence-electron chi connectivity index (χ0n) is 5.69. The van der Waals surface area contributed by atoms with Gasteiger partial charge in [-0.05, 0) is 32.4 Å². The minimum Gasteiger partial charge on any atom is -0.317 e. The van der Waals surface area contributed by atoms with Crippen LogP contribution in [0.25, 0.3) is 0 Å². The monoisotopic (exact) mass is 126 g/mol. The second kappa shape index (κ2) is 2.27. The molecule has 0 aromatic heterocycles. The molecule has 2 bridgehead atoms. The first-order chi connectivity index (χ1) is 4.45. The van der Waals surface area contributed by atoms with E-state index in [4.69, 9.17) is 0 Å². The quantitative estimate of drug-likeness (QED) is 0.481. The molecule has 3 rings (SSSR count). The molecule has 52 valence electrons. The number of hydrogen-bond acceptors (Lipinski definition) is 2. The summed E-state index contributed by atoms with van der Waals surface area (Å²) in [5.41, 5.74) is 0. The van der Waals surface area contributed by atoms with E-state index in [1.54, 1.807) is 0 Å². The first kappa shape index (κ1) is 5.69. The van der Waals surface area contributed by atoms with Gasteiger partial charge >= 0.3 is 0 Å². The van der Waals surface area contributed by atoms with Gasteiger partial charge in [0.15, 0.2) is 0 Å². The van der Waals surface area contributed by atoms with Gasteiger partial charge in [0, 0.05) is 12.1 Å². The number of nitrogens with one attached hydrogen (secondary N) is 2. The molecule has 2 N–H and O–H groups in total. The molecule has 3 fully saturated rings. The Morgan fingerprint density at radius 2 is 1.56 bits per heavy atom. The molecule has 0 saturated carbocycles. The molecule has 0 radical (unpaired) electrons. The van der Waals surface area contributed by atoms with Crippen molar-refractivity contribution in [1.29, 1.82) is 0 Å². The summed E-state index contributed by atoms with van der Waals surface area (Å²) in [6, 6.07) is 1.70. The zero-order valence-corrected chi connectivity index (χ0v) is 5.69. The van der Waals surface area contributed by atoms with Crippen molar-refractivity contribution in [3.05, 3.63) is 0 Å². The highest BCUT2D eigenvalue weighted by Crippen LogP contribution is 2.18. The van der Waals surface area contributed by atoms with Crippen molar-refractivity contribution in [2.24, 2.45) is 0 Å². The van der Waals surface area contributed by atoms with E-state index in [1.807, 2.05) is 0 Å². The lowest BCUT2D eigenvalue weighted by Crippen LogP contribution is -2.55. The lowest BCUT2D eigenvalue weighted by Gasteiger charge is -2.39. The highest BCUT2D eigenvalue weighted by atomic mass is 15.1. The molecule has 2 nitrogen and oxygen atoms in total. The molecule has 2 heteroatoms. The van der Waals surface area contributed by atoms with Gasteiger partial charge in [-0.25, -0.2) is 0 Å². The molecule has 2 unspecified atom stereocenters. The van der Waals surface area contributed by atoms with Gasteiger partial charge in [0.1, 0.15) is 0 Å². The molecule has 3 heterocycles. The standard InChI is InChI=1S/C7H14N2/c1-3-8-4-2-7-5-6(1)9-7/h6-9H,1-5H2. The Labute approximate surface area is 56.0 Å². The smallest absolute Gasteiger partial charge is 0.00965 e. The normalized spacial score (nSPS) is 42.7. The Hall–Kier alpha value is -0.0800. The van der Waals surface area contributed by atoms with Crippen LogP contribution in [0.3, 0.4) is 0 Å². The summed E-state index contributed by atoms with van der Waals surface area (Å²) in [7, 11) is 0. The maximum absolute atomic E-state index is 3.54. The van der Waals surface area contributed by atoms with Crippen molar-refractivity contribution in [3.8, 4) is 0 Å². The van der Waals surface area contributed by atoms with Gasteiger partial charge in [0.25, 0.3) is 0 Å². The summed E-state index contributed by atoms with van der Waals surface area (Å²) in [5, 5.41) is 6.95. The number of fused-ring (bicyclic) bond motifs is 4. The minimum absolute atomic E-state index is 0.850. The molecule has 0 spiro atoms. The van der Waals surface area contributed by atoms with Crippen molar-refractivity contribution < 1.29 is 0 Å². The fourth-order valence-electron chi connectivity index (χ4n) is 1.73. The second-order valence-electron chi connectivity index (χ2n) is 3.12. The van der Waals surface area contributed by atoms with E-state index in [1.165, 1.54) is 32.4 Å². The Kier molecular flexibility index (Phi) is 1.44. The molecule has 0 aliphatic carbocycles. The van der Waals surface area contributed by atoms with Crippen LogP contribution in [0.15, 0.2) is 0 Å². The third kappa shape index (κ3) is 1.10. The summed E-state index contributed by atoms with van der Waals surface area (Å²) < 4.78 is 0. The maximum atomic E-state index is 3.54. The van der Waals surface area contributed by atoms with Crippen molar-refractivity contribution in [2.45, 2.75) is 31.3 Å². The van der Waals surface area contributed by atoms with Gasteiger partial charge in [0.05, 0.1) is 0 Å². The van der Waals surface area contributed by atoms with Crippen LogP contribution in [0.4, 0.5) is 0 Å². The Morgan fingerprint density at radius 1 is 1.00 bits per heavy atom. The van der Waals surface area contributed by atoms with Crippen LogP contribution in [-0.2, 0) is 0 Å². The second-order valence-corrected chi connectivity index (χ2v) is 3.12. The van der Waals surface area contributed by atoms with Gasteiger partial charge < -0.3 is 10.6 Å². The molecule has 0 aromatic carbocycles. The van der Waals surface area contributed by atoms with Gasteiger partial charge in [0.2, 0.25) is 0 Å². The predicted molar refractivity (Wildman–Crippen MR) is 37.4 cm³/mol. The molecule has 0 amide bonds. The van der Waals surface area contributed by atoms with Crippen LogP contribution in [0.1, 0.15) is 19.3 Å². The van der Waals surface area contributed by atoms with Crippen LogP contribution in [0, 0.1) is 0 Å². The zero-order chi connectivity index (χ0) is 6.10. The van der Waals surface area contributed by atoms with E-state index in [9.17, 15) is 0 Å². The third-order valence-electron chi connectivity index (χ3n) is 2.38. The summed E-state index contributed by atoms with van der Waals surface area (Å²) in [6.07, 6.45) is 4.09. The summed E-state index contributed by atoms with van der Waals surface area (Å²) in [6.45, 7) is 2.43. The van der Waals surface area contributed by atoms with Crippen molar-refractivity contribution in [3.63, 3.8) is 0 Å². The van der Waals surface area contributed by atoms with Crippen LogP contribution >= 0.6 is 0 Å². The van der Waals surface area contributed by atoms with E-state index in [-0.39, 0.29) is 0 Å². The Balaban J connectivity index is 1.85. The van der Waals surface area contributed by atoms with Gasteiger partial charge in [-0.2, -0.15) is 0 Å². The van der Waals surface area contributed by atoms with E-state index in [0.717, 1.165) is 12.1 Å². The van der Waals surface area contributed by atoms with E-state index in [2.05, 4.69) is 10.6 Å². The van der Waals surface area contributed by atoms with Gasteiger partial charge in [-0.15, -0.1) is 0 Å². The van der Waals surface area contributed by atoms with Crippen LogP contribution in [0.2, 0.25) is 0 Å². The molecule has 3 aliphatic heterocycles. The van der Waals surface area contributed by atoms with Crippen LogP contribution in [0.5, 0.6) is 0 Å². The minimum atomic E-state index is 0.850. The highest BCUT2D eigenvalue weighted by molar-refractivity contribution is 4.90. The average Bonchev–Trinajstić information content (AvgIpc) is 1.54. The molecule has 3 aliphatic rings. The van der Waals surface area contributed by atoms with Crippen molar-refractivity contribution in [1.82, 2.24) is 10.6 Å². The van der Waals surface area contributed by atoms with Gasteiger partial charge in [-0.3, -0.25) is 0 Å². The largest absolute Gasteiger partial charge is 0.317 e. The van der Waals surface area contributed by atoms with Crippen molar-refractivity contribution >= 4 is 0 Å². The SMILES string of the molecule is C1CC2CC(CCN1)N2. The Bertz CT molecular complexity index is 81.6. The average molecular weight is 126 g/mol. The molecule has 3 saturated heterocycles. The van der Waals surface area contributed by atoms with Crippen LogP contribution in [-0.4, -0.2) is 25.2 Å². The third-order valence-corrected chi connectivity index (χ3v) is 2.38. The fourth-order valence-corrected chi connectivity index (χ4v) is 1.73. The van der Waals surface area contributed by atoms with Crippen LogP contribution < -0.4 is 10.6 Å². The maximum Gasteiger partial charge on any atom is 0.00965 e. The predicted octanol–water partition coefficient (Wildman–Crippen LogP) is 0.100. The fraction of sp³-hybridized carbons (Fsp3) is 1.00. The molecule has 0 aromatic rings. The topological polar surface area (TPSA) is 24.1 Å². The first-order valence-corrected chi connectivity index (χ1v) is 3.92. The van der Waals surface area contributed by atoms with Crippen molar-refractivity contribution in [2.75, 3.05) is 13.1 Å². The molecule has 2 atom stereocenters. The lowest BCUT2D eigenvalue weighted by atomic mass is 9.90. The highest BCUT2D eigenvalue weighted by Gasteiger charge is 2.28. The lowest BCUT2D eigenvalue weighted by molar-refractivity contribution is 0.219.